The highest BCUT2D eigenvalue weighted by Crippen LogP contribution is 2.29. The molecule has 6 heteroatoms. The van der Waals surface area contributed by atoms with Gasteiger partial charge in [0, 0.05) is 5.56 Å². The average Bonchev–Trinajstić information content (AvgIpc) is 2.96. The Bertz CT molecular complexity index is 603. The Kier molecular flexibility index (Phi) is 4.44. The molecule has 0 aliphatic heterocycles. The van der Waals surface area contributed by atoms with Gasteiger partial charge in [-0.05, 0) is 33.8 Å². The number of esters is 1. The molecule has 1 unspecified atom stereocenters. The van der Waals surface area contributed by atoms with Crippen molar-refractivity contribution in [3.63, 3.8) is 0 Å². The largest absolute Gasteiger partial charge is 0.466 e. The Hall–Kier alpha value is -1.82. The highest BCUT2D eigenvalue weighted by atomic mass is 32.1. The number of nitrogens with zero attached hydrogens (tertiary/aromatic N) is 1. The molecular formula is C14H18N2O3S. The van der Waals surface area contributed by atoms with Crippen molar-refractivity contribution < 1.29 is 13.9 Å². The van der Waals surface area contributed by atoms with Gasteiger partial charge >= 0.3 is 5.97 Å². The summed E-state index contributed by atoms with van der Waals surface area (Å²) in [6.07, 6.45) is 0. The molecule has 20 heavy (non-hydrogen) atoms. The molecule has 0 aromatic carbocycles. The highest BCUT2D eigenvalue weighted by Gasteiger charge is 2.19. The van der Waals surface area contributed by atoms with Gasteiger partial charge in [0.05, 0.1) is 18.2 Å². The van der Waals surface area contributed by atoms with Crippen molar-refractivity contribution in [2.45, 2.75) is 33.7 Å². The molecular weight excluding hydrogens is 276 g/mol. The zero-order chi connectivity index (χ0) is 14.7. The van der Waals surface area contributed by atoms with Crippen molar-refractivity contribution in [1.29, 1.82) is 0 Å². The van der Waals surface area contributed by atoms with Crippen LogP contribution in [0.25, 0.3) is 0 Å². The maximum absolute atomic E-state index is 11.8. The molecule has 0 radical (unpaired) electrons. The van der Waals surface area contributed by atoms with Crippen molar-refractivity contribution in [3.05, 3.63) is 34.4 Å². The fourth-order valence-corrected chi connectivity index (χ4v) is 2.80. The van der Waals surface area contributed by atoms with Crippen LogP contribution < -0.4 is 5.32 Å². The lowest BCUT2D eigenvalue weighted by molar-refractivity contribution is 0.0521. The second kappa shape index (κ2) is 6.09. The van der Waals surface area contributed by atoms with E-state index in [1.54, 1.807) is 12.4 Å². The van der Waals surface area contributed by atoms with Gasteiger partial charge in [-0.25, -0.2) is 9.78 Å². The fraction of sp³-hybridized carbons (Fsp3) is 0.429. The second-order valence-corrected chi connectivity index (χ2v) is 5.34. The number of thiazole rings is 1. The predicted octanol–water partition coefficient (Wildman–Crippen LogP) is 3.70. The number of hydrogen-bond acceptors (Lipinski definition) is 6. The molecule has 2 rings (SSSR count). The number of ether oxygens (including phenoxy) is 1. The number of rotatable bonds is 5. The zero-order valence-corrected chi connectivity index (χ0v) is 12.8. The molecule has 0 saturated heterocycles. The number of carbonyl (C=O) groups is 1. The van der Waals surface area contributed by atoms with Crippen molar-refractivity contribution in [2.75, 3.05) is 11.9 Å². The first-order valence-electron chi connectivity index (χ1n) is 6.47. The fourth-order valence-electron chi connectivity index (χ4n) is 2.05. The van der Waals surface area contributed by atoms with Gasteiger partial charge in [-0.3, -0.25) is 0 Å². The van der Waals surface area contributed by atoms with E-state index in [0.29, 0.717) is 17.3 Å². The minimum Gasteiger partial charge on any atom is -0.466 e. The van der Waals surface area contributed by atoms with Gasteiger partial charge in [0.25, 0.3) is 0 Å². The Morgan fingerprint density at radius 2 is 2.30 bits per heavy atom. The van der Waals surface area contributed by atoms with Crippen molar-refractivity contribution in [1.82, 2.24) is 4.98 Å². The maximum Gasteiger partial charge on any atom is 0.360 e. The summed E-state index contributed by atoms with van der Waals surface area (Å²) >= 11 is 1.39. The van der Waals surface area contributed by atoms with Crippen LogP contribution in [0.5, 0.6) is 0 Å². The van der Waals surface area contributed by atoms with Crippen LogP contribution in [0.3, 0.4) is 0 Å². The molecule has 108 valence electrons. The topological polar surface area (TPSA) is 64.4 Å². The highest BCUT2D eigenvalue weighted by molar-refractivity contribution is 7.14. The molecule has 2 aromatic heterocycles. The molecule has 0 amide bonds. The van der Waals surface area contributed by atoms with Crippen LogP contribution in [-0.2, 0) is 4.74 Å². The number of hydrogen-bond donors (Lipinski definition) is 1. The van der Waals surface area contributed by atoms with Crippen LogP contribution in [0.15, 0.2) is 16.0 Å². The summed E-state index contributed by atoms with van der Waals surface area (Å²) in [6, 6.07) is 2.03. The van der Waals surface area contributed by atoms with E-state index >= 15 is 0 Å². The van der Waals surface area contributed by atoms with E-state index in [2.05, 4.69) is 10.3 Å². The third-order valence-electron chi connectivity index (χ3n) is 2.93. The van der Waals surface area contributed by atoms with Gasteiger partial charge in [-0.2, -0.15) is 0 Å². The average molecular weight is 294 g/mol. The van der Waals surface area contributed by atoms with Crippen LogP contribution in [0.4, 0.5) is 5.00 Å². The maximum atomic E-state index is 11.8. The number of furan rings is 1. The minimum atomic E-state index is -0.399. The number of aromatic nitrogens is 1. The van der Waals surface area contributed by atoms with E-state index in [9.17, 15) is 4.79 Å². The smallest absolute Gasteiger partial charge is 0.360 e. The van der Waals surface area contributed by atoms with Crippen LogP contribution in [0.1, 0.15) is 47.5 Å². The van der Waals surface area contributed by atoms with Crippen molar-refractivity contribution >= 4 is 22.3 Å². The van der Waals surface area contributed by atoms with E-state index in [1.165, 1.54) is 11.3 Å². The Morgan fingerprint density at radius 1 is 1.55 bits per heavy atom. The lowest BCUT2D eigenvalue weighted by Gasteiger charge is -2.13. The van der Waals surface area contributed by atoms with Gasteiger partial charge in [0.1, 0.15) is 16.5 Å². The van der Waals surface area contributed by atoms with Crippen molar-refractivity contribution in [2.24, 2.45) is 0 Å². The standard InChI is InChI=1S/C14H18N2O3S/c1-5-18-14(17)12-13(20-7-15-12)16-9(3)11-6-8(2)19-10(11)4/h6-7,9,16H,5H2,1-4H3. The van der Waals surface area contributed by atoms with Gasteiger partial charge in [0.2, 0.25) is 0 Å². The van der Waals surface area contributed by atoms with Gasteiger partial charge in [-0.1, -0.05) is 0 Å². The summed E-state index contributed by atoms with van der Waals surface area (Å²) in [6.45, 7) is 7.98. The summed E-state index contributed by atoms with van der Waals surface area (Å²) < 4.78 is 10.5. The quantitative estimate of drug-likeness (QED) is 0.852. The van der Waals surface area contributed by atoms with E-state index in [-0.39, 0.29) is 6.04 Å². The summed E-state index contributed by atoms with van der Waals surface area (Å²) in [4.78, 5) is 15.8. The number of nitrogens with one attached hydrogen (secondary N) is 1. The molecule has 0 fully saturated rings. The lowest BCUT2D eigenvalue weighted by atomic mass is 10.1. The molecule has 5 nitrogen and oxygen atoms in total. The first kappa shape index (κ1) is 14.6. The van der Waals surface area contributed by atoms with E-state index < -0.39 is 5.97 Å². The predicted molar refractivity (Wildman–Crippen MR) is 78.3 cm³/mol. The molecule has 0 bridgehead atoms. The van der Waals surface area contributed by atoms with Gasteiger partial charge in [0.15, 0.2) is 5.69 Å². The van der Waals surface area contributed by atoms with Gasteiger partial charge in [-0.15, -0.1) is 11.3 Å². The second-order valence-electron chi connectivity index (χ2n) is 4.49. The van der Waals surface area contributed by atoms with Crippen molar-refractivity contribution in [3.8, 4) is 0 Å². The summed E-state index contributed by atoms with van der Waals surface area (Å²) in [5.41, 5.74) is 3.04. The molecule has 1 atom stereocenters. The third kappa shape index (κ3) is 3.01. The molecule has 0 spiro atoms. The lowest BCUT2D eigenvalue weighted by Crippen LogP contribution is -2.11. The zero-order valence-electron chi connectivity index (χ0n) is 12.0. The first-order valence-corrected chi connectivity index (χ1v) is 7.35. The minimum absolute atomic E-state index is 0.0288. The van der Waals surface area contributed by atoms with Crippen LogP contribution in [0.2, 0.25) is 0 Å². The van der Waals surface area contributed by atoms with Crippen LogP contribution >= 0.6 is 11.3 Å². The Balaban J connectivity index is 2.16. The van der Waals surface area contributed by atoms with Gasteiger partial charge < -0.3 is 14.5 Å². The molecule has 2 aromatic rings. The van der Waals surface area contributed by atoms with Crippen LogP contribution in [-0.4, -0.2) is 17.6 Å². The number of aryl methyl sites for hydroxylation is 2. The first-order chi connectivity index (χ1) is 9.52. The SMILES string of the molecule is CCOC(=O)c1ncsc1NC(C)c1cc(C)oc1C. The Morgan fingerprint density at radius 3 is 2.90 bits per heavy atom. The Labute approximate surface area is 122 Å². The normalized spacial score (nSPS) is 12.2. The monoisotopic (exact) mass is 294 g/mol. The molecule has 0 aliphatic rings. The van der Waals surface area contributed by atoms with E-state index in [0.717, 1.165) is 17.1 Å². The molecule has 1 N–H and O–H groups in total. The van der Waals surface area contributed by atoms with E-state index in [1.807, 2.05) is 26.8 Å². The third-order valence-corrected chi connectivity index (χ3v) is 3.69. The summed E-state index contributed by atoms with van der Waals surface area (Å²) in [7, 11) is 0. The molecule has 0 aliphatic carbocycles. The van der Waals surface area contributed by atoms with Crippen LogP contribution in [0, 0.1) is 13.8 Å². The molecule has 2 heterocycles. The summed E-state index contributed by atoms with van der Waals surface area (Å²) in [5.74, 6) is 1.36. The number of anilines is 1. The number of carbonyl (C=O) groups excluding carboxylic acids is 1. The molecule has 0 saturated carbocycles. The summed E-state index contributed by atoms with van der Waals surface area (Å²) in [5, 5.41) is 4.01. The van der Waals surface area contributed by atoms with E-state index in [4.69, 9.17) is 9.15 Å².